The van der Waals surface area contributed by atoms with Crippen LogP contribution < -0.4 is 10.1 Å². The normalized spacial score (nSPS) is 10.5. The van der Waals surface area contributed by atoms with Gasteiger partial charge in [-0.1, -0.05) is 19.1 Å². The van der Waals surface area contributed by atoms with Crippen molar-refractivity contribution in [2.24, 2.45) is 0 Å². The Labute approximate surface area is 152 Å². The molecular formula is C19H21N5O2. The Hall–Kier alpha value is -3.22. The molecule has 1 N–H and O–H groups in total. The Morgan fingerprint density at radius 2 is 1.88 bits per heavy atom. The number of hydrogen-bond acceptors (Lipinski definition) is 6. The maximum absolute atomic E-state index is 12.4. The smallest absolute Gasteiger partial charge is 0.250 e. The van der Waals surface area contributed by atoms with Crippen LogP contribution >= 0.6 is 0 Å². The molecule has 0 amide bonds. The third-order valence-corrected chi connectivity index (χ3v) is 3.86. The fourth-order valence-electron chi connectivity index (χ4n) is 2.47. The monoisotopic (exact) mass is 351 g/mol. The van der Waals surface area contributed by atoms with Gasteiger partial charge in [0, 0.05) is 30.9 Å². The Morgan fingerprint density at radius 1 is 1.15 bits per heavy atom. The molecule has 0 aliphatic heterocycles. The molecule has 2 aromatic heterocycles. The third-order valence-electron chi connectivity index (χ3n) is 3.86. The second-order valence-corrected chi connectivity index (χ2v) is 5.75. The topological polar surface area (TPSA) is 81.9 Å². The number of nitrogens with zero attached hydrogens (tertiary/aromatic N) is 4. The Morgan fingerprint density at radius 3 is 2.54 bits per heavy atom. The maximum atomic E-state index is 12.4. The number of aromatic nitrogens is 4. The zero-order valence-electron chi connectivity index (χ0n) is 14.8. The molecule has 7 heteroatoms. The number of carbonyl (C=O) groups is 1. The number of benzene rings is 1. The molecule has 0 saturated carbocycles. The van der Waals surface area contributed by atoms with Crippen LogP contribution in [-0.2, 0) is 6.54 Å². The van der Waals surface area contributed by atoms with Gasteiger partial charge in [-0.05, 0) is 36.2 Å². The van der Waals surface area contributed by atoms with Gasteiger partial charge in [-0.15, -0.1) is 5.10 Å². The van der Waals surface area contributed by atoms with Crippen LogP contribution in [0, 0.1) is 0 Å². The van der Waals surface area contributed by atoms with Gasteiger partial charge in [0.1, 0.15) is 5.75 Å². The average molecular weight is 351 g/mol. The first kappa shape index (κ1) is 17.6. The van der Waals surface area contributed by atoms with E-state index in [0.29, 0.717) is 24.7 Å². The molecule has 0 spiro atoms. The van der Waals surface area contributed by atoms with Crippen LogP contribution in [0.25, 0.3) is 11.4 Å². The SMILES string of the molecule is CCCC(=O)n1nc(-c2ccncc2)nc1NCc1ccc(OC)cc1. The molecule has 0 saturated heterocycles. The molecule has 1 aromatic carbocycles. The van der Waals surface area contributed by atoms with E-state index in [2.05, 4.69) is 20.4 Å². The van der Waals surface area contributed by atoms with E-state index >= 15 is 0 Å². The molecule has 0 fully saturated rings. The number of methoxy groups -OCH3 is 1. The molecule has 3 aromatic rings. The molecule has 3 rings (SSSR count). The fraction of sp³-hybridized carbons (Fsp3) is 0.263. The van der Waals surface area contributed by atoms with Crippen LogP contribution in [0.1, 0.15) is 30.1 Å². The van der Waals surface area contributed by atoms with E-state index in [1.807, 2.05) is 43.3 Å². The van der Waals surface area contributed by atoms with Gasteiger partial charge in [0.15, 0.2) is 5.82 Å². The number of carbonyl (C=O) groups excluding carboxylic acids is 1. The van der Waals surface area contributed by atoms with Crippen molar-refractivity contribution in [1.82, 2.24) is 19.7 Å². The summed E-state index contributed by atoms with van der Waals surface area (Å²) < 4.78 is 6.52. The Bertz CT molecular complexity index is 859. The zero-order chi connectivity index (χ0) is 18.4. The van der Waals surface area contributed by atoms with Crippen LogP contribution in [0.15, 0.2) is 48.8 Å². The van der Waals surface area contributed by atoms with E-state index < -0.39 is 0 Å². The van der Waals surface area contributed by atoms with E-state index in [-0.39, 0.29) is 5.91 Å². The van der Waals surface area contributed by atoms with Crippen LogP contribution in [0.2, 0.25) is 0 Å². The summed E-state index contributed by atoms with van der Waals surface area (Å²) in [6.07, 6.45) is 4.51. The molecule has 26 heavy (non-hydrogen) atoms. The van der Waals surface area contributed by atoms with Gasteiger partial charge in [-0.25, -0.2) is 0 Å². The van der Waals surface area contributed by atoms with E-state index in [9.17, 15) is 4.79 Å². The third kappa shape index (κ3) is 4.05. The predicted octanol–water partition coefficient (Wildman–Crippen LogP) is 3.40. The fourth-order valence-corrected chi connectivity index (χ4v) is 2.47. The highest BCUT2D eigenvalue weighted by atomic mass is 16.5. The highest BCUT2D eigenvalue weighted by molar-refractivity contribution is 5.81. The van der Waals surface area contributed by atoms with Gasteiger partial charge < -0.3 is 10.1 Å². The maximum Gasteiger partial charge on any atom is 0.250 e. The summed E-state index contributed by atoms with van der Waals surface area (Å²) in [4.78, 5) is 20.9. The number of anilines is 1. The van der Waals surface area contributed by atoms with Gasteiger partial charge in [0.2, 0.25) is 11.9 Å². The first-order valence-electron chi connectivity index (χ1n) is 8.48. The summed E-state index contributed by atoms with van der Waals surface area (Å²) in [5.41, 5.74) is 1.87. The molecule has 0 unspecified atom stereocenters. The first-order chi connectivity index (χ1) is 12.7. The van der Waals surface area contributed by atoms with Crippen molar-refractivity contribution in [2.45, 2.75) is 26.3 Å². The summed E-state index contributed by atoms with van der Waals surface area (Å²) in [5, 5.41) is 7.59. The van der Waals surface area contributed by atoms with Gasteiger partial charge in [-0.2, -0.15) is 9.67 Å². The lowest BCUT2D eigenvalue weighted by atomic mass is 10.2. The van der Waals surface area contributed by atoms with Crippen molar-refractivity contribution in [3.05, 3.63) is 54.4 Å². The summed E-state index contributed by atoms with van der Waals surface area (Å²) in [5.74, 6) is 1.65. The molecule has 2 heterocycles. The lowest BCUT2D eigenvalue weighted by Gasteiger charge is -2.07. The number of rotatable bonds is 7. The van der Waals surface area contributed by atoms with Crippen molar-refractivity contribution < 1.29 is 9.53 Å². The zero-order valence-corrected chi connectivity index (χ0v) is 14.8. The Kier molecular flexibility index (Phi) is 5.58. The average Bonchev–Trinajstić information content (AvgIpc) is 3.12. The molecule has 0 atom stereocenters. The van der Waals surface area contributed by atoms with Crippen molar-refractivity contribution in [3.8, 4) is 17.1 Å². The van der Waals surface area contributed by atoms with E-state index in [4.69, 9.17) is 4.74 Å². The lowest BCUT2D eigenvalue weighted by molar-refractivity contribution is 0.0888. The molecule has 0 aliphatic rings. The summed E-state index contributed by atoms with van der Waals surface area (Å²) in [7, 11) is 1.63. The molecule has 0 radical (unpaired) electrons. The van der Waals surface area contributed by atoms with Crippen LogP contribution in [0.4, 0.5) is 5.95 Å². The van der Waals surface area contributed by atoms with Crippen molar-refractivity contribution in [3.63, 3.8) is 0 Å². The number of hydrogen-bond donors (Lipinski definition) is 1. The quantitative estimate of drug-likeness (QED) is 0.702. The van der Waals surface area contributed by atoms with Gasteiger partial charge in [0.25, 0.3) is 0 Å². The second-order valence-electron chi connectivity index (χ2n) is 5.75. The standard InChI is InChI=1S/C19H21N5O2/c1-3-4-17(25)24-19(21-13-14-5-7-16(26-2)8-6-14)22-18(23-24)15-9-11-20-12-10-15/h5-12H,3-4,13H2,1-2H3,(H,21,22,23). The highest BCUT2D eigenvalue weighted by Crippen LogP contribution is 2.19. The van der Waals surface area contributed by atoms with Gasteiger partial charge >= 0.3 is 0 Å². The second kappa shape index (κ2) is 8.24. The number of ether oxygens (including phenoxy) is 1. The molecule has 134 valence electrons. The minimum absolute atomic E-state index is 0.0856. The molecule has 0 bridgehead atoms. The van der Waals surface area contributed by atoms with Crippen LogP contribution in [0.3, 0.4) is 0 Å². The van der Waals surface area contributed by atoms with Gasteiger partial charge in [0.05, 0.1) is 7.11 Å². The minimum Gasteiger partial charge on any atom is -0.497 e. The molecular weight excluding hydrogens is 330 g/mol. The van der Waals surface area contributed by atoms with E-state index in [0.717, 1.165) is 23.3 Å². The first-order valence-corrected chi connectivity index (χ1v) is 8.48. The number of pyridine rings is 1. The lowest BCUT2D eigenvalue weighted by Crippen LogP contribution is -2.16. The van der Waals surface area contributed by atoms with Crippen molar-refractivity contribution in [1.29, 1.82) is 0 Å². The predicted molar refractivity (Wildman–Crippen MR) is 99.1 cm³/mol. The summed E-state index contributed by atoms with van der Waals surface area (Å²) in [6, 6.07) is 11.3. The van der Waals surface area contributed by atoms with Gasteiger partial charge in [-0.3, -0.25) is 9.78 Å². The van der Waals surface area contributed by atoms with Crippen molar-refractivity contribution >= 4 is 11.9 Å². The van der Waals surface area contributed by atoms with E-state index in [1.165, 1.54) is 4.68 Å². The highest BCUT2D eigenvalue weighted by Gasteiger charge is 2.16. The number of nitrogens with one attached hydrogen (secondary N) is 1. The summed E-state index contributed by atoms with van der Waals surface area (Å²) in [6.45, 7) is 2.49. The molecule has 0 aliphatic carbocycles. The van der Waals surface area contributed by atoms with Crippen LogP contribution in [-0.4, -0.2) is 32.8 Å². The molecule has 7 nitrogen and oxygen atoms in total. The van der Waals surface area contributed by atoms with Crippen LogP contribution in [0.5, 0.6) is 5.75 Å². The van der Waals surface area contributed by atoms with Crippen molar-refractivity contribution in [2.75, 3.05) is 12.4 Å². The minimum atomic E-state index is -0.0856. The largest absolute Gasteiger partial charge is 0.497 e. The van der Waals surface area contributed by atoms with E-state index in [1.54, 1.807) is 19.5 Å². The summed E-state index contributed by atoms with van der Waals surface area (Å²) >= 11 is 0. The Balaban J connectivity index is 1.83.